The maximum Gasteiger partial charge on any atom is 0.251 e. The van der Waals surface area contributed by atoms with Crippen LogP contribution in [-0.4, -0.2) is 16.8 Å². The van der Waals surface area contributed by atoms with Crippen LogP contribution in [0.25, 0.3) is 0 Å². The number of hydrogen-bond acceptors (Lipinski definition) is 1. The normalized spacial score (nSPS) is 27.0. The van der Waals surface area contributed by atoms with Gasteiger partial charge in [-0.15, -0.1) is 0 Å². The highest BCUT2D eigenvalue weighted by Gasteiger charge is 2.35. The fraction of sp³-hybridized carbons (Fsp3) is 0.533. The van der Waals surface area contributed by atoms with E-state index in [0.29, 0.717) is 5.92 Å². The summed E-state index contributed by atoms with van der Waals surface area (Å²) < 4.78 is 0.991. The molecule has 4 heteroatoms. The molecule has 1 aliphatic carbocycles. The molecule has 0 heterocycles. The summed E-state index contributed by atoms with van der Waals surface area (Å²) in [6.45, 7) is 2.27. The largest absolute Gasteiger partial charge is 0.346 e. The van der Waals surface area contributed by atoms with Crippen LogP contribution in [0.3, 0.4) is 0 Å². The van der Waals surface area contributed by atoms with Gasteiger partial charge in [0, 0.05) is 15.4 Å². The molecular weight excluding hydrogens is 370 g/mol. The number of carbonyl (C=O) groups excluding carboxylic acids is 1. The van der Waals surface area contributed by atoms with Gasteiger partial charge in [0.15, 0.2) is 0 Å². The molecule has 0 saturated heterocycles. The van der Waals surface area contributed by atoms with Crippen molar-refractivity contribution in [1.82, 2.24) is 5.32 Å². The number of alkyl halides is 1. The zero-order valence-corrected chi connectivity index (χ0v) is 14.3. The van der Waals surface area contributed by atoms with Crippen molar-refractivity contribution in [2.24, 2.45) is 5.92 Å². The van der Waals surface area contributed by atoms with E-state index in [1.165, 1.54) is 12.8 Å². The van der Waals surface area contributed by atoms with Crippen molar-refractivity contribution in [2.45, 2.75) is 38.1 Å². The van der Waals surface area contributed by atoms with Gasteiger partial charge in [-0.05, 0) is 43.0 Å². The van der Waals surface area contributed by atoms with Crippen molar-refractivity contribution in [1.29, 1.82) is 0 Å². The van der Waals surface area contributed by atoms with Crippen LogP contribution in [0, 0.1) is 5.92 Å². The van der Waals surface area contributed by atoms with Gasteiger partial charge in [0.05, 0.1) is 5.54 Å². The first kappa shape index (κ1) is 15.0. The van der Waals surface area contributed by atoms with Crippen LogP contribution in [0.1, 0.15) is 43.0 Å². The van der Waals surface area contributed by atoms with Gasteiger partial charge in [-0.1, -0.05) is 51.6 Å². The van der Waals surface area contributed by atoms with Gasteiger partial charge in [0.1, 0.15) is 0 Å². The maximum atomic E-state index is 12.3. The van der Waals surface area contributed by atoms with Crippen LogP contribution >= 0.6 is 31.9 Å². The lowest BCUT2D eigenvalue weighted by molar-refractivity contribution is 0.0869. The Hall–Kier alpha value is -0.350. The minimum atomic E-state index is -0.0815. The molecule has 104 valence electrons. The molecule has 0 radical (unpaired) electrons. The summed E-state index contributed by atoms with van der Waals surface area (Å²) in [5.74, 6) is 0.706. The third kappa shape index (κ3) is 3.82. The van der Waals surface area contributed by atoms with Crippen LogP contribution in [0.2, 0.25) is 0 Å². The highest BCUT2D eigenvalue weighted by molar-refractivity contribution is 9.10. The van der Waals surface area contributed by atoms with Crippen molar-refractivity contribution in [3.8, 4) is 0 Å². The molecular formula is C15H19Br2NO. The topological polar surface area (TPSA) is 29.1 Å². The van der Waals surface area contributed by atoms with E-state index < -0.39 is 0 Å². The van der Waals surface area contributed by atoms with E-state index in [4.69, 9.17) is 0 Å². The first-order valence-electron chi connectivity index (χ1n) is 6.69. The number of hydrogen-bond donors (Lipinski definition) is 1. The molecule has 2 rings (SSSR count). The Bertz CT molecular complexity index is 446. The second-order valence-corrected chi connectivity index (χ2v) is 7.05. The second-order valence-electron chi connectivity index (χ2n) is 5.58. The fourth-order valence-corrected chi connectivity index (χ4v) is 3.76. The van der Waals surface area contributed by atoms with Crippen LogP contribution in [0.15, 0.2) is 28.7 Å². The summed E-state index contributed by atoms with van der Waals surface area (Å²) in [6, 6.07) is 7.51. The third-order valence-corrected chi connectivity index (χ3v) is 5.43. The molecule has 1 fully saturated rings. The average Bonchev–Trinajstić information content (AvgIpc) is 2.39. The lowest BCUT2D eigenvalue weighted by Gasteiger charge is -2.39. The number of halogens is 2. The molecule has 1 amide bonds. The number of benzene rings is 1. The zero-order chi connectivity index (χ0) is 13.9. The van der Waals surface area contributed by atoms with Crippen molar-refractivity contribution < 1.29 is 4.79 Å². The molecule has 1 aliphatic rings. The van der Waals surface area contributed by atoms with E-state index in [0.717, 1.165) is 28.2 Å². The lowest BCUT2D eigenvalue weighted by atomic mass is 9.77. The number of nitrogens with one attached hydrogen (secondary N) is 1. The second kappa shape index (κ2) is 6.40. The smallest absolute Gasteiger partial charge is 0.251 e. The van der Waals surface area contributed by atoms with Crippen LogP contribution in [-0.2, 0) is 0 Å². The summed E-state index contributed by atoms with van der Waals surface area (Å²) in [5, 5.41) is 4.07. The number of carbonyl (C=O) groups is 1. The van der Waals surface area contributed by atoms with Gasteiger partial charge in [-0.3, -0.25) is 4.79 Å². The van der Waals surface area contributed by atoms with Crippen molar-refractivity contribution >= 4 is 37.8 Å². The third-order valence-electron chi connectivity index (χ3n) is 3.83. The first-order chi connectivity index (χ1) is 9.04. The molecule has 0 spiro atoms. The molecule has 2 atom stereocenters. The van der Waals surface area contributed by atoms with Gasteiger partial charge < -0.3 is 5.32 Å². The molecule has 0 aromatic heterocycles. The van der Waals surface area contributed by atoms with E-state index in [1.807, 2.05) is 24.3 Å². The summed E-state index contributed by atoms with van der Waals surface area (Å²) in [5.41, 5.74) is 0.642. The minimum Gasteiger partial charge on any atom is -0.346 e. The maximum absolute atomic E-state index is 12.3. The van der Waals surface area contributed by atoms with Gasteiger partial charge in [0.25, 0.3) is 5.91 Å². The quantitative estimate of drug-likeness (QED) is 0.757. The summed E-state index contributed by atoms with van der Waals surface area (Å²) >= 11 is 6.97. The Kier molecular flexibility index (Phi) is 5.07. The van der Waals surface area contributed by atoms with Crippen molar-refractivity contribution in [2.75, 3.05) is 5.33 Å². The number of rotatable bonds is 3. The highest BCUT2D eigenvalue weighted by Crippen LogP contribution is 2.33. The minimum absolute atomic E-state index is 0.0288. The van der Waals surface area contributed by atoms with Crippen molar-refractivity contribution in [3.63, 3.8) is 0 Å². The Balaban J connectivity index is 2.09. The van der Waals surface area contributed by atoms with E-state index in [1.54, 1.807) is 0 Å². The van der Waals surface area contributed by atoms with Gasteiger partial charge in [0.2, 0.25) is 0 Å². The molecule has 2 nitrogen and oxygen atoms in total. The number of amides is 1. The highest BCUT2D eigenvalue weighted by atomic mass is 79.9. The lowest BCUT2D eigenvalue weighted by Crippen LogP contribution is -2.52. The Morgan fingerprint density at radius 1 is 1.42 bits per heavy atom. The molecule has 1 aromatic carbocycles. The summed E-state index contributed by atoms with van der Waals surface area (Å²) in [6.07, 6.45) is 4.57. The molecule has 1 saturated carbocycles. The Labute approximate surface area is 131 Å². The summed E-state index contributed by atoms with van der Waals surface area (Å²) in [7, 11) is 0. The molecule has 2 unspecified atom stereocenters. The van der Waals surface area contributed by atoms with Gasteiger partial charge in [-0.2, -0.15) is 0 Å². The Morgan fingerprint density at radius 3 is 2.68 bits per heavy atom. The summed E-state index contributed by atoms with van der Waals surface area (Å²) in [4.78, 5) is 12.3. The van der Waals surface area contributed by atoms with E-state index in [2.05, 4.69) is 44.1 Å². The van der Waals surface area contributed by atoms with Crippen LogP contribution in [0.5, 0.6) is 0 Å². The van der Waals surface area contributed by atoms with Gasteiger partial charge >= 0.3 is 0 Å². The molecule has 1 N–H and O–H groups in total. The molecule has 19 heavy (non-hydrogen) atoms. The van der Waals surface area contributed by atoms with E-state index in [9.17, 15) is 4.79 Å². The van der Waals surface area contributed by atoms with Crippen LogP contribution < -0.4 is 5.32 Å². The van der Waals surface area contributed by atoms with Crippen molar-refractivity contribution in [3.05, 3.63) is 34.3 Å². The molecule has 1 aromatic rings. The first-order valence-corrected chi connectivity index (χ1v) is 8.60. The fourth-order valence-electron chi connectivity index (χ4n) is 2.84. The molecule has 0 bridgehead atoms. The predicted octanol–water partition coefficient (Wildman–Crippen LogP) is 4.52. The van der Waals surface area contributed by atoms with Crippen LogP contribution in [0.4, 0.5) is 0 Å². The zero-order valence-electron chi connectivity index (χ0n) is 11.1. The standard InChI is InChI=1S/C15H19Br2NO/c1-11-3-2-8-15(9-11,10-16)18-14(19)12-4-6-13(17)7-5-12/h4-7,11H,2-3,8-10H2,1H3,(H,18,19). The Morgan fingerprint density at radius 2 is 2.11 bits per heavy atom. The SMILES string of the molecule is CC1CCCC(CBr)(NC(=O)c2ccc(Br)cc2)C1. The monoisotopic (exact) mass is 387 g/mol. The predicted molar refractivity (Wildman–Crippen MR) is 85.8 cm³/mol. The van der Waals surface area contributed by atoms with E-state index in [-0.39, 0.29) is 11.4 Å². The average molecular weight is 389 g/mol. The molecule has 0 aliphatic heterocycles. The van der Waals surface area contributed by atoms with Gasteiger partial charge in [-0.25, -0.2) is 0 Å². The van der Waals surface area contributed by atoms with E-state index >= 15 is 0 Å².